The molecule has 90 valence electrons. The smallest absolute Gasteiger partial charge is 0.232 e. The summed E-state index contributed by atoms with van der Waals surface area (Å²) in [7, 11) is -3.20. The molecule has 0 amide bonds. The summed E-state index contributed by atoms with van der Waals surface area (Å²) in [4.78, 5) is 0. The molecule has 0 aliphatic carbocycles. The van der Waals surface area contributed by atoms with Gasteiger partial charge in [-0.05, 0) is 31.0 Å². The lowest BCUT2D eigenvalue weighted by atomic mass is 10.1. The predicted octanol–water partition coefficient (Wildman–Crippen LogP) is 1.86. The molecule has 3 N–H and O–H groups in total. The fourth-order valence-corrected chi connectivity index (χ4v) is 2.49. The van der Waals surface area contributed by atoms with Crippen LogP contribution in [0.3, 0.4) is 0 Å². The average molecular weight is 242 g/mol. The largest absolute Gasteiger partial charge is 0.324 e. The van der Waals surface area contributed by atoms with Crippen molar-refractivity contribution in [1.82, 2.24) is 0 Å². The van der Waals surface area contributed by atoms with E-state index in [0.717, 1.165) is 5.56 Å². The number of hydrogen-bond donors (Lipinski definition) is 2. The van der Waals surface area contributed by atoms with Crippen molar-refractivity contribution >= 4 is 15.7 Å². The molecular formula is C11H18N2O2S. The van der Waals surface area contributed by atoms with Gasteiger partial charge in [0.1, 0.15) is 0 Å². The molecule has 1 aromatic carbocycles. The molecule has 4 nitrogen and oxygen atoms in total. The Labute approximate surface area is 96.9 Å². The van der Waals surface area contributed by atoms with Crippen LogP contribution in [0.15, 0.2) is 24.3 Å². The summed E-state index contributed by atoms with van der Waals surface area (Å²) < 4.78 is 25.5. The van der Waals surface area contributed by atoms with Gasteiger partial charge in [-0.25, -0.2) is 8.42 Å². The zero-order chi connectivity index (χ0) is 12.2. The van der Waals surface area contributed by atoms with Crippen LogP contribution in [0, 0.1) is 0 Å². The standard InChI is InChI=1S/C11H18N2O2S/c1-3-8-16(14,15)13-11-6-4-10(5-7-11)9(2)12/h4-7,9,13H,3,8,12H2,1-2H3. The highest BCUT2D eigenvalue weighted by atomic mass is 32.2. The summed E-state index contributed by atoms with van der Waals surface area (Å²) in [6, 6.07) is 7.07. The highest BCUT2D eigenvalue weighted by Gasteiger charge is 2.08. The van der Waals surface area contributed by atoms with Crippen molar-refractivity contribution in [2.75, 3.05) is 10.5 Å². The van der Waals surface area contributed by atoms with Gasteiger partial charge in [-0.2, -0.15) is 0 Å². The van der Waals surface area contributed by atoms with Crippen LogP contribution in [-0.2, 0) is 10.0 Å². The zero-order valence-corrected chi connectivity index (χ0v) is 10.4. The van der Waals surface area contributed by atoms with Crippen molar-refractivity contribution in [1.29, 1.82) is 0 Å². The molecule has 0 aliphatic rings. The number of sulfonamides is 1. The molecule has 0 spiro atoms. The Hall–Kier alpha value is -1.07. The first kappa shape index (κ1) is 13.0. The van der Waals surface area contributed by atoms with Crippen molar-refractivity contribution in [3.8, 4) is 0 Å². The van der Waals surface area contributed by atoms with Crippen molar-refractivity contribution in [2.24, 2.45) is 5.73 Å². The van der Waals surface area contributed by atoms with E-state index in [1.807, 2.05) is 26.0 Å². The maximum absolute atomic E-state index is 11.5. The highest BCUT2D eigenvalue weighted by molar-refractivity contribution is 7.92. The Bertz CT molecular complexity index is 424. The summed E-state index contributed by atoms with van der Waals surface area (Å²) in [5, 5.41) is 0. The van der Waals surface area contributed by atoms with Crippen LogP contribution < -0.4 is 10.5 Å². The van der Waals surface area contributed by atoms with Crippen LogP contribution in [0.4, 0.5) is 5.69 Å². The quantitative estimate of drug-likeness (QED) is 0.827. The fraction of sp³-hybridized carbons (Fsp3) is 0.455. The topological polar surface area (TPSA) is 72.2 Å². The van der Waals surface area contributed by atoms with E-state index in [2.05, 4.69) is 4.72 Å². The van der Waals surface area contributed by atoms with Gasteiger partial charge in [-0.1, -0.05) is 19.1 Å². The first-order valence-electron chi connectivity index (χ1n) is 5.30. The molecule has 0 heterocycles. The zero-order valence-electron chi connectivity index (χ0n) is 9.60. The SMILES string of the molecule is CCCS(=O)(=O)Nc1ccc(C(C)N)cc1. The maximum atomic E-state index is 11.5. The predicted molar refractivity (Wildman–Crippen MR) is 66.7 cm³/mol. The van der Waals surface area contributed by atoms with Crippen molar-refractivity contribution in [2.45, 2.75) is 26.3 Å². The Morgan fingerprint density at radius 2 is 1.88 bits per heavy atom. The number of rotatable bonds is 5. The van der Waals surface area contributed by atoms with E-state index in [1.54, 1.807) is 12.1 Å². The minimum atomic E-state index is -3.20. The molecule has 5 heteroatoms. The fourth-order valence-electron chi connectivity index (χ4n) is 1.35. The summed E-state index contributed by atoms with van der Waals surface area (Å²) in [5.74, 6) is 0.141. The molecule has 1 aromatic rings. The molecule has 0 bridgehead atoms. The van der Waals surface area contributed by atoms with Gasteiger partial charge in [0.2, 0.25) is 10.0 Å². The second-order valence-corrected chi connectivity index (χ2v) is 5.67. The summed E-state index contributed by atoms with van der Waals surface area (Å²) in [6.07, 6.45) is 0.604. The lowest BCUT2D eigenvalue weighted by Gasteiger charge is -2.09. The number of benzene rings is 1. The van der Waals surface area contributed by atoms with E-state index < -0.39 is 10.0 Å². The molecule has 1 rings (SSSR count). The molecule has 16 heavy (non-hydrogen) atoms. The van der Waals surface area contributed by atoms with Crippen molar-refractivity contribution < 1.29 is 8.42 Å². The van der Waals surface area contributed by atoms with Gasteiger partial charge in [-0.15, -0.1) is 0 Å². The van der Waals surface area contributed by atoms with E-state index >= 15 is 0 Å². The molecule has 1 unspecified atom stereocenters. The number of hydrogen-bond acceptors (Lipinski definition) is 3. The highest BCUT2D eigenvalue weighted by Crippen LogP contribution is 2.15. The Morgan fingerprint density at radius 1 is 1.31 bits per heavy atom. The van der Waals surface area contributed by atoms with Gasteiger partial charge in [0.25, 0.3) is 0 Å². The third kappa shape index (κ3) is 3.83. The monoisotopic (exact) mass is 242 g/mol. The van der Waals surface area contributed by atoms with Crippen LogP contribution in [0.25, 0.3) is 0 Å². The van der Waals surface area contributed by atoms with E-state index in [-0.39, 0.29) is 11.8 Å². The van der Waals surface area contributed by atoms with Gasteiger partial charge >= 0.3 is 0 Å². The summed E-state index contributed by atoms with van der Waals surface area (Å²) in [5.41, 5.74) is 7.27. The Morgan fingerprint density at radius 3 is 2.31 bits per heavy atom. The van der Waals surface area contributed by atoms with Crippen LogP contribution in [-0.4, -0.2) is 14.2 Å². The minimum absolute atomic E-state index is 0.0405. The molecule has 1 atom stereocenters. The van der Waals surface area contributed by atoms with Crippen LogP contribution in [0.1, 0.15) is 31.9 Å². The lowest BCUT2D eigenvalue weighted by molar-refractivity contribution is 0.600. The summed E-state index contributed by atoms with van der Waals surface area (Å²) in [6.45, 7) is 3.72. The molecule has 0 saturated heterocycles. The van der Waals surface area contributed by atoms with Gasteiger partial charge in [0.15, 0.2) is 0 Å². The molecular weight excluding hydrogens is 224 g/mol. The Balaban J connectivity index is 2.76. The van der Waals surface area contributed by atoms with Crippen LogP contribution in [0.2, 0.25) is 0 Å². The first-order chi connectivity index (χ1) is 7.44. The molecule has 0 aromatic heterocycles. The second-order valence-electron chi connectivity index (χ2n) is 3.83. The molecule has 0 fully saturated rings. The van der Waals surface area contributed by atoms with Gasteiger partial charge < -0.3 is 5.73 Å². The van der Waals surface area contributed by atoms with Crippen molar-refractivity contribution in [3.63, 3.8) is 0 Å². The Kier molecular flexibility index (Phi) is 4.32. The second kappa shape index (κ2) is 5.32. The minimum Gasteiger partial charge on any atom is -0.324 e. The average Bonchev–Trinajstić information content (AvgIpc) is 2.17. The van der Waals surface area contributed by atoms with Crippen LogP contribution >= 0.6 is 0 Å². The lowest BCUT2D eigenvalue weighted by Crippen LogP contribution is -2.16. The van der Waals surface area contributed by atoms with Gasteiger partial charge in [-0.3, -0.25) is 4.72 Å². The number of anilines is 1. The normalized spacial score (nSPS) is 13.4. The number of nitrogens with two attached hydrogens (primary N) is 1. The maximum Gasteiger partial charge on any atom is 0.232 e. The van der Waals surface area contributed by atoms with Gasteiger partial charge in [0, 0.05) is 11.7 Å². The number of nitrogens with one attached hydrogen (secondary N) is 1. The first-order valence-corrected chi connectivity index (χ1v) is 6.96. The van der Waals surface area contributed by atoms with Crippen LogP contribution in [0.5, 0.6) is 0 Å². The van der Waals surface area contributed by atoms with E-state index in [0.29, 0.717) is 12.1 Å². The van der Waals surface area contributed by atoms with E-state index in [9.17, 15) is 8.42 Å². The van der Waals surface area contributed by atoms with Crippen molar-refractivity contribution in [3.05, 3.63) is 29.8 Å². The van der Waals surface area contributed by atoms with E-state index in [1.165, 1.54) is 0 Å². The third-order valence-corrected chi connectivity index (χ3v) is 3.68. The molecule has 0 saturated carbocycles. The molecule has 0 radical (unpaired) electrons. The summed E-state index contributed by atoms with van der Waals surface area (Å²) >= 11 is 0. The third-order valence-electron chi connectivity index (χ3n) is 2.18. The molecule has 0 aliphatic heterocycles. The van der Waals surface area contributed by atoms with Gasteiger partial charge in [0.05, 0.1) is 5.75 Å². The van der Waals surface area contributed by atoms with E-state index in [4.69, 9.17) is 5.73 Å².